The number of allylic oxidation sites excluding steroid dienone is 2. The number of rotatable bonds is 8. The van der Waals surface area contributed by atoms with Crippen LogP contribution in [-0.4, -0.2) is 54.6 Å². The summed E-state index contributed by atoms with van der Waals surface area (Å²) in [7, 11) is 2.00. The molecule has 0 saturated carbocycles. The van der Waals surface area contributed by atoms with Gasteiger partial charge in [0.05, 0.1) is 0 Å². The molecular formula is C21H30N4. The molecule has 1 aliphatic heterocycles. The van der Waals surface area contributed by atoms with Crippen molar-refractivity contribution < 1.29 is 0 Å². The normalized spacial score (nSPS) is 16.2. The zero-order valence-electron chi connectivity index (χ0n) is 15.6. The molecule has 25 heavy (non-hydrogen) atoms. The van der Waals surface area contributed by atoms with Gasteiger partial charge in [-0.2, -0.15) is 0 Å². The first-order valence-electron chi connectivity index (χ1n) is 8.86. The minimum Gasteiger partial charge on any atom is -0.356 e. The second-order valence-corrected chi connectivity index (χ2v) is 6.29. The Labute approximate surface area is 152 Å². The topological polar surface area (TPSA) is 22.1 Å². The first-order chi connectivity index (χ1) is 12.1. The largest absolute Gasteiger partial charge is 0.356 e. The minimum absolute atomic E-state index is 0.842. The summed E-state index contributed by atoms with van der Waals surface area (Å²) < 4.78 is 0. The van der Waals surface area contributed by atoms with Gasteiger partial charge in [-0.1, -0.05) is 56.5 Å². The number of piperazine rings is 1. The SMILES string of the molecule is C=C/C(CC)=C(\N=C)N(C)C(=C)N1CCN(Cc2ccccc2)CC1. The average Bonchev–Trinajstić information content (AvgIpc) is 2.66. The molecule has 4 heteroatoms. The molecule has 4 nitrogen and oxygen atoms in total. The van der Waals surface area contributed by atoms with E-state index in [1.165, 1.54) is 5.56 Å². The summed E-state index contributed by atoms with van der Waals surface area (Å²) in [4.78, 5) is 11.0. The summed E-state index contributed by atoms with van der Waals surface area (Å²) in [5.74, 6) is 1.81. The maximum Gasteiger partial charge on any atom is 0.136 e. The van der Waals surface area contributed by atoms with Gasteiger partial charge in [-0.05, 0) is 24.3 Å². The van der Waals surface area contributed by atoms with Gasteiger partial charge in [-0.15, -0.1) is 0 Å². The van der Waals surface area contributed by atoms with Crippen molar-refractivity contribution in [1.29, 1.82) is 0 Å². The number of nitrogens with zero attached hydrogens (tertiary/aromatic N) is 4. The summed E-state index contributed by atoms with van der Waals surface area (Å²) >= 11 is 0. The van der Waals surface area contributed by atoms with Crippen molar-refractivity contribution in [2.24, 2.45) is 4.99 Å². The summed E-state index contributed by atoms with van der Waals surface area (Å²) in [5.41, 5.74) is 2.45. The molecule has 0 N–H and O–H groups in total. The van der Waals surface area contributed by atoms with Crippen LogP contribution in [0.1, 0.15) is 18.9 Å². The quantitative estimate of drug-likeness (QED) is 0.533. The van der Waals surface area contributed by atoms with Crippen LogP contribution in [0.2, 0.25) is 0 Å². The summed E-state index contributed by atoms with van der Waals surface area (Å²) in [6.45, 7) is 19.0. The van der Waals surface area contributed by atoms with Gasteiger partial charge in [-0.25, -0.2) is 4.99 Å². The predicted molar refractivity (Wildman–Crippen MR) is 107 cm³/mol. The van der Waals surface area contributed by atoms with Crippen LogP contribution in [0, 0.1) is 0 Å². The molecule has 0 unspecified atom stereocenters. The van der Waals surface area contributed by atoms with Crippen molar-refractivity contribution in [1.82, 2.24) is 14.7 Å². The smallest absolute Gasteiger partial charge is 0.136 e. The third-order valence-corrected chi connectivity index (χ3v) is 4.76. The Kier molecular flexibility index (Phi) is 7.02. The Morgan fingerprint density at radius 2 is 1.84 bits per heavy atom. The standard InChI is InChI=1S/C21H30N4/c1-6-20(7-2)21(22-4)23(5)18(3)25-15-13-24(14-16-25)17-19-11-9-8-10-12-19/h6,8-12H,1,3-4,7,13-17H2,2,5H3/b21-20-. The summed E-state index contributed by atoms with van der Waals surface area (Å²) in [6.07, 6.45) is 2.73. The molecule has 0 spiro atoms. The van der Waals surface area contributed by atoms with Crippen molar-refractivity contribution in [2.75, 3.05) is 33.2 Å². The third-order valence-electron chi connectivity index (χ3n) is 4.76. The highest BCUT2D eigenvalue weighted by Crippen LogP contribution is 2.21. The first-order valence-corrected chi connectivity index (χ1v) is 8.86. The van der Waals surface area contributed by atoms with E-state index in [1.807, 2.05) is 18.0 Å². The second kappa shape index (κ2) is 9.23. The van der Waals surface area contributed by atoms with E-state index in [4.69, 9.17) is 0 Å². The van der Waals surface area contributed by atoms with E-state index in [2.05, 4.69) is 71.9 Å². The zero-order valence-corrected chi connectivity index (χ0v) is 15.6. The Morgan fingerprint density at radius 1 is 1.20 bits per heavy atom. The second-order valence-electron chi connectivity index (χ2n) is 6.29. The monoisotopic (exact) mass is 338 g/mol. The molecule has 1 fully saturated rings. The lowest BCUT2D eigenvalue weighted by atomic mass is 10.2. The van der Waals surface area contributed by atoms with E-state index >= 15 is 0 Å². The lowest BCUT2D eigenvalue weighted by Gasteiger charge is -2.40. The molecule has 0 amide bonds. The molecule has 2 rings (SSSR count). The van der Waals surface area contributed by atoms with Crippen molar-refractivity contribution in [3.8, 4) is 0 Å². The molecule has 0 aromatic heterocycles. The molecular weight excluding hydrogens is 308 g/mol. The van der Waals surface area contributed by atoms with E-state index in [0.29, 0.717) is 0 Å². The molecule has 1 heterocycles. The molecule has 0 radical (unpaired) electrons. The molecule has 134 valence electrons. The number of aliphatic imine (C=N–C) groups is 1. The predicted octanol–water partition coefficient (Wildman–Crippen LogP) is 3.72. The van der Waals surface area contributed by atoms with Crippen LogP contribution in [0.4, 0.5) is 0 Å². The molecule has 1 aliphatic rings. The minimum atomic E-state index is 0.842. The van der Waals surface area contributed by atoms with Gasteiger partial charge in [0.15, 0.2) is 0 Å². The number of hydrogen-bond donors (Lipinski definition) is 0. The van der Waals surface area contributed by atoms with Gasteiger partial charge in [0, 0.05) is 39.8 Å². The molecule has 1 saturated heterocycles. The highest BCUT2D eigenvalue weighted by Gasteiger charge is 2.21. The van der Waals surface area contributed by atoms with Gasteiger partial charge >= 0.3 is 0 Å². The van der Waals surface area contributed by atoms with Crippen LogP contribution in [-0.2, 0) is 6.54 Å². The van der Waals surface area contributed by atoms with E-state index in [-0.39, 0.29) is 0 Å². The maximum absolute atomic E-state index is 4.28. The van der Waals surface area contributed by atoms with E-state index in [0.717, 1.165) is 56.4 Å². The Morgan fingerprint density at radius 3 is 2.36 bits per heavy atom. The highest BCUT2D eigenvalue weighted by atomic mass is 15.4. The molecule has 1 aromatic carbocycles. The van der Waals surface area contributed by atoms with E-state index in [9.17, 15) is 0 Å². The van der Waals surface area contributed by atoms with Gasteiger partial charge in [0.25, 0.3) is 0 Å². The van der Waals surface area contributed by atoms with Gasteiger partial charge in [0.1, 0.15) is 11.6 Å². The Hall–Kier alpha value is -2.33. The molecule has 0 atom stereocenters. The van der Waals surface area contributed by atoms with E-state index in [1.54, 1.807) is 0 Å². The highest BCUT2D eigenvalue weighted by molar-refractivity contribution is 5.34. The molecule has 0 aliphatic carbocycles. The fraction of sp³-hybridized carbons (Fsp3) is 0.381. The van der Waals surface area contributed by atoms with Crippen molar-refractivity contribution in [3.63, 3.8) is 0 Å². The zero-order chi connectivity index (χ0) is 18.2. The Balaban J connectivity index is 1.95. The van der Waals surface area contributed by atoms with Gasteiger partial charge < -0.3 is 9.80 Å². The lowest BCUT2D eigenvalue weighted by molar-refractivity contribution is 0.131. The average molecular weight is 338 g/mol. The third kappa shape index (κ3) is 4.83. The fourth-order valence-electron chi connectivity index (χ4n) is 3.16. The van der Waals surface area contributed by atoms with Crippen molar-refractivity contribution >= 4 is 6.72 Å². The summed E-state index contributed by atoms with van der Waals surface area (Å²) in [6, 6.07) is 10.6. The van der Waals surface area contributed by atoms with Gasteiger partial charge in [-0.3, -0.25) is 4.90 Å². The van der Waals surface area contributed by atoms with Crippen LogP contribution < -0.4 is 0 Å². The molecule has 0 bridgehead atoms. The number of hydrogen-bond acceptors (Lipinski definition) is 4. The number of benzene rings is 1. The van der Waals surface area contributed by atoms with Crippen LogP contribution in [0.5, 0.6) is 0 Å². The van der Waals surface area contributed by atoms with Gasteiger partial charge in [0.2, 0.25) is 0 Å². The summed E-state index contributed by atoms with van der Waals surface area (Å²) in [5, 5.41) is 0. The van der Waals surface area contributed by atoms with Crippen LogP contribution >= 0.6 is 0 Å². The van der Waals surface area contributed by atoms with Crippen molar-refractivity contribution in [2.45, 2.75) is 19.9 Å². The fourth-order valence-corrected chi connectivity index (χ4v) is 3.16. The van der Waals surface area contributed by atoms with Crippen LogP contribution in [0.3, 0.4) is 0 Å². The molecule has 1 aromatic rings. The van der Waals surface area contributed by atoms with E-state index < -0.39 is 0 Å². The first kappa shape index (κ1) is 19.0. The van der Waals surface area contributed by atoms with Crippen molar-refractivity contribution in [3.05, 3.63) is 72.3 Å². The maximum atomic E-state index is 4.28. The Bertz CT molecular complexity index is 625. The van der Waals surface area contributed by atoms with Crippen LogP contribution in [0.25, 0.3) is 0 Å². The van der Waals surface area contributed by atoms with Crippen LogP contribution in [0.15, 0.2) is 71.8 Å². The lowest BCUT2D eigenvalue weighted by Crippen LogP contribution is -2.47.